The fraction of sp³-hybridized carbons (Fsp3) is 0.375. The minimum absolute atomic E-state index is 0.0413. The van der Waals surface area contributed by atoms with E-state index in [4.69, 9.17) is 15.1 Å². The van der Waals surface area contributed by atoms with Gasteiger partial charge in [-0.2, -0.15) is 4.91 Å². The number of aliphatic imine (C=N–C) groups is 1. The Morgan fingerprint density at radius 2 is 2.03 bits per heavy atom. The van der Waals surface area contributed by atoms with Gasteiger partial charge in [-0.3, -0.25) is 0 Å². The normalized spacial score (nSPS) is 18.6. The Labute approximate surface area is 200 Å². The number of aromatic nitrogens is 2. The van der Waals surface area contributed by atoms with Crippen molar-refractivity contribution in [3.05, 3.63) is 76.1 Å². The number of allylic oxidation sites excluding steroid dienone is 3. The number of likely N-dealkylation sites (N-methyl/N-ethyl adjacent to an activating group) is 1. The molecule has 178 valence electrons. The summed E-state index contributed by atoms with van der Waals surface area (Å²) in [7, 11) is 3.83. The van der Waals surface area contributed by atoms with E-state index in [2.05, 4.69) is 64.7 Å². The maximum Gasteiger partial charge on any atom is 0.270 e. The standard InChI is InChI=1S/C24H30N7O2P/c1-30-15-20(17-10-12-19(13-11-17)31(2)34(3)4)27-21(22(30)25)24-29-28-23(33-24)18-7-5-6-16(8-9-18)14-26-32/h5-7,10-13,18H,8-9,14-15,25H2,1-4H3. The van der Waals surface area contributed by atoms with Crippen LogP contribution < -0.4 is 10.4 Å². The molecule has 0 fully saturated rings. The van der Waals surface area contributed by atoms with Crippen molar-refractivity contribution in [2.45, 2.75) is 18.8 Å². The van der Waals surface area contributed by atoms with Crippen molar-refractivity contribution in [1.29, 1.82) is 0 Å². The number of nitrogens with zero attached hydrogens (tertiary/aromatic N) is 6. The molecular weight excluding hydrogens is 449 g/mol. The van der Waals surface area contributed by atoms with Gasteiger partial charge in [-0.05, 0) is 57.5 Å². The number of hydrogen-bond acceptors (Lipinski definition) is 9. The van der Waals surface area contributed by atoms with Gasteiger partial charge in [-0.1, -0.05) is 35.5 Å². The third-order valence-electron chi connectivity index (χ3n) is 6.14. The first-order valence-corrected chi connectivity index (χ1v) is 13.3. The van der Waals surface area contributed by atoms with E-state index in [1.807, 2.05) is 30.2 Å². The van der Waals surface area contributed by atoms with Crippen molar-refractivity contribution in [1.82, 2.24) is 15.1 Å². The molecule has 2 aromatic rings. The highest BCUT2D eigenvalue weighted by Crippen LogP contribution is 2.35. The molecule has 1 aromatic heterocycles. The van der Waals surface area contributed by atoms with Crippen LogP contribution in [0.2, 0.25) is 0 Å². The molecular formula is C24H30N7O2P. The minimum Gasteiger partial charge on any atom is -0.419 e. The van der Waals surface area contributed by atoms with Crippen LogP contribution in [0.15, 0.2) is 68.5 Å². The largest absolute Gasteiger partial charge is 0.419 e. The Morgan fingerprint density at radius 3 is 2.74 bits per heavy atom. The summed E-state index contributed by atoms with van der Waals surface area (Å²) in [6.45, 7) is 5.24. The third kappa shape index (κ3) is 5.09. The molecule has 0 saturated heterocycles. The number of hydrogen-bond donors (Lipinski definition) is 1. The molecule has 0 bridgehead atoms. The zero-order valence-corrected chi connectivity index (χ0v) is 20.9. The molecule has 2 heterocycles. The predicted molar refractivity (Wildman–Crippen MR) is 138 cm³/mol. The van der Waals surface area contributed by atoms with Gasteiger partial charge in [0.25, 0.3) is 5.89 Å². The SMILES string of the molecule is CN1CC(c2ccc(N(C)P(C)C)cc2)=NC(c2nnc(C3C=CC=C(CN=O)CC3)o2)=C1N. The lowest BCUT2D eigenvalue weighted by Gasteiger charge is -2.27. The van der Waals surface area contributed by atoms with E-state index < -0.39 is 0 Å². The van der Waals surface area contributed by atoms with Crippen molar-refractivity contribution in [2.24, 2.45) is 15.9 Å². The maximum absolute atomic E-state index is 10.6. The second kappa shape index (κ2) is 10.3. The van der Waals surface area contributed by atoms with Gasteiger partial charge in [0.15, 0.2) is 5.70 Å². The first-order chi connectivity index (χ1) is 16.4. The summed E-state index contributed by atoms with van der Waals surface area (Å²) < 4.78 is 8.32. The summed E-state index contributed by atoms with van der Waals surface area (Å²) in [6.07, 6.45) is 7.37. The van der Waals surface area contributed by atoms with Crippen LogP contribution in [0.25, 0.3) is 5.70 Å². The number of rotatable bonds is 7. The lowest BCUT2D eigenvalue weighted by atomic mass is 10.0. The van der Waals surface area contributed by atoms with Crippen molar-refractivity contribution >= 4 is 25.2 Å². The molecule has 4 rings (SSSR count). The smallest absolute Gasteiger partial charge is 0.270 e. The average Bonchev–Trinajstić information content (AvgIpc) is 3.20. The molecule has 2 aliphatic rings. The fourth-order valence-electron chi connectivity index (χ4n) is 3.88. The van der Waals surface area contributed by atoms with Crippen LogP contribution in [0.4, 0.5) is 5.69 Å². The van der Waals surface area contributed by atoms with Crippen LogP contribution in [0.1, 0.15) is 36.1 Å². The third-order valence-corrected chi connectivity index (χ3v) is 7.57. The van der Waals surface area contributed by atoms with Crippen LogP contribution in [0.3, 0.4) is 0 Å². The molecule has 1 aliphatic carbocycles. The van der Waals surface area contributed by atoms with Crippen LogP contribution in [0, 0.1) is 4.91 Å². The minimum atomic E-state index is -0.206. The first-order valence-electron chi connectivity index (χ1n) is 11.2. The Balaban J connectivity index is 1.56. The molecule has 0 spiro atoms. The van der Waals surface area contributed by atoms with Crippen LogP contribution >= 0.6 is 8.07 Å². The van der Waals surface area contributed by atoms with Crippen LogP contribution in [-0.2, 0) is 0 Å². The summed E-state index contributed by atoms with van der Waals surface area (Å²) >= 11 is 0. The fourth-order valence-corrected chi connectivity index (χ4v) is 4.47. The monoisotopic (exact) mass is 479 g/mol. The van der Waals surface area contributed by atoms with E-state index >= 15 is 0 Å². The Hall–Kier alpha value is -3.32. The van der Waals surface area contributed by atoms with Gasteiger partial charge in [0.1, 0.15) is 12.4 Å². The molecule has 0 saturated carbocycles. The van der Waals surface area contributed by atoms with Gasteiger partial charge in [0.2, 0.25) is 5.89 Å². The van der Waals surface area contributed by atoms with E-state index in [1.54, 1.807) is 0 Å². The number of anilines is 1. The zero-order chi connectivity index (χ0) is 24.2. The van der Waals surface area contributed by atoms with Gasteiger partial charge < -0.3 is 19.7 Å². The lowest BCUT2D eigenvalue weighted by molar-refractivity contribution is 0.440. The summed E-state index contributed by atoms with van der Waals surface area (Å²) in [4.78, 5) is 17.3. The highest BCUT2D eigenvalue weighted by molar-refractivity contribution is 7.57. The average molecular weight is 480 g/mol. The molecule has 0 amide bonds. The van der Waals surface area contributed by atoms with E-state index in [1.165, 1.54) is 5.69 Å². The van der Waals surface area contributed by atoms with Crippen LogP contribution in [-0.4, -0.2) is 61.3 Å². The van der Waals surface area contributed by atoms with Crippen LogP contribution in [0.5, 0.6) is 0 Å². The quantitative estimate of drug-likeness (QED) is 0.465. The van der Waals surface area contributed by atoms with E-state index in [0.717, 1.165) is 29.7 Å². The topological polar surface area (TPSA) is 113 Å². The molecule has 1 atom stereocenters. The molecule has 9 nitrogen and oxygen atoms in total. The Bertz CT molecular complexity index is 1160. The van der Waals surface area contributed by atoms with Gasteiger partial charge in [0.05, 0.1) is 18.2 Å². The molecule has 0 radical (unpaired) electrons. The van der Waals surface area contributed by atoms with Crippen molar-refractivity contribution < 1.29 is 4.42 Å². The van der Waals surface area contributed by atoms with Gasteiger partial charge >= 0.3 is 0 Å². The molecule has 34 heavy (non-hydrogen) atoms. The molecule has 1 aromatic carbocycles. The van der Waals surface area contributed by atoms with Crippen molar-refractivity contribution in [2.75, 3.05) is 45.2 Å². The first kappa shape index (κ1) is 23.8. The summed E-state index contributed by atoms with van der Waals surface area (Å²) in [5.74, 6) is 1.26. The molecule has 2 N–H and O–H groups in total. The number of nitrogens with two attached hydrogens (primary N) is 1. The highest BCUT2D eigenvalue weighted by atomic mass is 31.1. The molecule has 10 heteroatoms. The summed E-state index contributed by atoms with van der Waals surface area (Å²) in [5, 5.41) is 11.5. The Morgan fingerprint density at radius 1 is 1.26 bits per heavy atom. The second-order valence-corrected chi connectivity index (χ2v) is 10.9. The van der Waals surface area contributed by atoms with Crippen molar-refractivity contribution in [3.8, 4) is 0 Å². The molecule has 1 unspecified atom stereocenters. The molecule has 1 aliphatic heterocycles. The summed E-state index contributed by atoms with van der Waals surface area (Å²) in [6, 6.07) is 8.41. The van der Waals surface area contributed by atoms with Gasteiger partial charge in [-0.25, -0.2) is 4.99 Å². The van der Waals surface area contributed by atoms with E-state index in [0.29, 0.717) is 29.8 Å². The highest BCUT2D eigenvalue weighted by Gasteiger charge is 2.25. The number of nitroso groups, excluding NO2 is 1. The van der Waals surface area contributed by atoms with Gasteiger partial charge in [0, 0.05) is 19.8 Å². The van der Waals surface area contributed by atoms with E-state index in [-0.39, 0.29) is 20.5 Å². The second-order valence-electron chi connectivity index (χ2n) is 8.65. The summed E-state index contributed by atoms with van der Waals surface area (Å²) in [5.41, 5.74) is 10.9. The number of benzene rings is 1. The lowest BCUT2D eigenvalue weighted by Crippen LogP contribution is -2.34. The zero-order valence-electron chi connectivity index (χ0n) is 20.0. The Kier molecular flexibility index (Phi) is 7.22. The van der Waals surface area contributed by atoms with Gasteiger partial charge in [-0.15, -0.1) is 10.2 Å². The van der Waals surface area contributed by atoms with Crippen molar-refractivity contribution in [3.63, 3.8) is 0 Å². The maximum atomic E-state index is 10.6. The van der Waals surface area contributed by atoms with E-state index in [9.17, 15) is 4.91 Å². The predicted octanol–water partition coefficient (Wildman–Crippen LogP) is 4.31.